The molecule has 6 aromatic heterocycles. The van der Waals surface area contributed by atoms with E-state index >= 15 is 0 Å². The summed E-state index contributed by atoms with van der Waals surface area (Å²) in [7, 11) is -21.3. The van der Waals surface area contributed by atoms with Crippen molar-refractivity contribution in [2.45, 2.75) is 0 Å². The zero-order valence-corrected chi connectivity index (χ0v) is 32.8. The molecular formula is C30H24Ag2F12N6O6P2. The maximum Gasteiger partial charge on any atom is 1.00 e. The SMILES string of the molecule is C(=N\N=C\c1ccco1)/c1ccco1.C(=N\N=C\c1ccco1)/c1ccco1.C(=N\N=C\c1ccco1)/c1ccco1.F[P-](F)(F)(F)(F)F.F[P-](F)(F)(F)(F)F.[Ag+].[Ag+]. The number of hydrogen-bond acceptors (Lipinski definition) is 12. The van der Waals surface area contributed by atoms with Crippen molar-refractivity contribution in [2.75, 3.05) is 0 Å². The molecule has 0 aliphatic carbocycles. The molecule has 0 atom stereocenters. The molecule has 0 unspecified atom stereocenters. The summed E-state index contributed by atoms with van der Waals surface area (Å²) in [6.07, 6.45) is 18.6. The van der Waals surface area contributed by atoms with Gasteiger partial charge in [0.25, 0.3) is 0 Å². The molecule has 58 heavy (non-hydrogen) atoms. The molecule has 12 nitrogen and oxygen atoms in total. The number of furan rings is 6. The van der Waals surface area contributed by atoms with Crippen LogP contribution >= 0.6 is 15.6 Å². The van der Waals surface area contributed by atoms with Gasteiger partial charge in [-0.25, -0.2) is 0 Å². The standard InChI is InChI=1S/3C10H8N2O2.2Ag.2F6P/c3*1-3-9(13-5-1)7-11-12-8-10-4-2-6-14-10;;;2*1-7(2,3,4,5)6/h3*1-8H;;;;/q;;;2*+1;2*-1/b3*11-7+,12-8+;;;;. The molecule has 0 amide bonds. The van der Waals surface area contributed by atoms with E-state index in [9.17, 15) is 50.4 Å². The fourth-order valence-corrected chi connectivity index (χ4v) is 2.73. The largest absolute Gasteiger partial charge is 1.00 e. The van der Waals surface area contributed by atoms with Crippen molar-refractivity contribution in [1.82, 2.24) is 0 Å². The third-order valence-electron chi connectivity index (χ3n) is 4.57. The Labute approximate surface area is 348 Å². The van der Waals surface area contributed by atoms with E-state index < -0.39 is 15.6 Å². The van der Waals surface area contributed by atoms with Gasteiger partial charge in [0.2, 0.25) is 0 Å². The van der Waals surface area contributed by atoms with Crippen LogP contribution in [-0.4, -0.2) is 37.3 Å². The molecule has 0 radical (unpaired) electrons. The summed E-state index contributed by atoms with van der Waals surface area (Å²) < 4.78 is 149. The van der Waals surface area contributed by atoms with Crippen LogP contribution in [0.3, 0.4) is 0 Å². The summed E-state index contributed by atoms with van der Waals surface area (Å²) in [6, 6.07) is 21.5. The van der Waals surface area contributed by atoms with Crippen LogP contribution in [0.25, 0.3) is 0 Å². The first-order valence-electron chi connectivity index (χ1n) is 14.3. The zero-order valence-electron chi connectivity index (χ0n) is 28.0. The third kappa shape index (κ3) is 38.1. The van der Waals surface area contributed by atoms with Crippen molar-refractivity contribution in [3.8, 4) is 0 Å². The van der Waals surface area contributed by atoms with Gasteiger partial charge in [-0.1, -0.05) is 0 Å². The van der Waals surface area contributed by atoms with Crippen LogP contribution in [0.5, 0.6) is 0 Å². The molecule has 0 bridgehead atoms. The Bertz CT molecular complexity index is 1750. The molecule has 0 spiro atoms. The van der Waals surface area contributed by atoms with Gasteiger partial charge in [-0.05, 0) is 72.8 Å². The van der Waals surface area contributed by atoms with E-state index in [0.29, 0.717) is 34.6 Å². The van der Waals surface area contributed by atoms with Crippen molar-refractivity contribution in [1.29, 1.82) is 0 Å². The average molecular weight is 1070 g/mol. The van der Waals surface area contributed by atoms with Crippen LogP contribution in [0, 0.1) is 0 Å². The Morgan fingerprint density at radius 3 is 0.500 bits per heavy atom. The monoisotopic (exact) mass is 1070 g/mol. The predicted molar refractivity (Wildman–Crippen MR) is 185 cm³/mol. The van der Waals surface area contributed by atoms with E-state index in [2.05, 4.69) is 30.6 Å². The van der Waals surface area contributed by atoms with E-state index in [1.54, 1.807) is 110 Å². The molecule has 6 heterocycles. The summed E-state index contributed by atoms with van der Waals surface area (Å²) in [5.41, 5.74) is 0. The van der Waals surface area contributed by atoms with E-state index in [0.717, 1.165) is 0 Å². The van der Waals surface area contributed by atoms with E-state index in [1.807, 2.05) is 0 Å². The van der Waals surface area contributed by atoms with Crippen molar-refractivity contribution in [3.63, 3.8) is 0 Å². The summed E-state index contributed by atoms with van der Waals surface area (Å²) in [5, 5.41) is 22.7. The summed E-state index contributed by atoms with van der Waals surface area (Å²) in [6.45, 7) is 0. The van der Waals surface area contributed by atoms with Crippen LogP contribution in [0.2, 0.25) is 0 Å². The second kappa shape index (κ2) is 21.8. The molecule has 0 fully saturated rings. The summed E-state index contributed by atoms with van der Waals surface area (Å²) >= 11 is 0. The smallest absolute Gasteiger partial charge is 1.00 e. The van der Waals surface area contributed by atoms with Crippen LogP contribution in [0.15, 0.2) is 167 Å². The molecule has 6 rings (SSSR count). The Balaban J connectivity index is 0.000000717. The maximum absolute atomic E-state index is 10.7. The quantitative estimate of drug-likeness (QED) is 0.0462. The molecule has 326 valence electrons. The number of hydrogen-bond donors (Lipinski definition) is 0. The molecule has 0 aliphatic heterocycles. The van der Waals surface area contributed by atoms with Gasteiger partial charge in [-0.2, -0.15) is 30.6 Å². The van der Waals surface area contributed by atoms with Gasteiger partial charge in [0.05, 0.1) is 74.9 Å². The van der Waals surface area contributed by atoms with Crippen LogP contribution < -0.4 is 0 Å². The normalized spacial score (nSPS) is 14.1. The van der Waals surface area contributed by atoms with E-state index in [4.69, 9.17) is 26.5 Å². The number of halogens is 12. The molecule has 6 aromatic rings. The van der Waals surface area contributed by atoms with Crippen LogP contribution in [0.4, 0.5) is 50.4 Å². The zero-order chi connectivity index (χ0) is 41.7. The molecule has 28 heteroatoms. The molecule has 0 aromatic carbocycles. The predicted octanol–water partition coefficient (Wildman–Crippen LogP) is 13.7. The van der Waals surface area contributed by atoms with E-state index in [-0.39, 0.29) is 44.8 Å². The van der Waals surface area contributed by atoms with Crippen LogP contribution in [0.1, 0.15) is 34.6 Å². The van der Waals surface area contributed by atoms with Gasteiger partial charge in [-0.15, -0.1) is 0 Å². The summed E-state index contributed by atoms with van der Waals surface area (Å²) in [4.78, 5) is 0. The minimum absolute atomic E-state index is 0. The number of rotatable bonds is 9. The van der Waals surface area contributed by atoms with Gasteiger partial charge in [0.1, 0.15) is 34.6 Å². The van der Waals surface area contributed by atoms with Gasteiger partial charge in [0.15, 0.2) is 0 Å². The molecular weight excluding hydrogens is 1050 g/mol. The molecule has 0 N–H and O–H groups in total. The Morgan fingerprint density at radius 2 is 0.414 bits per heavy atom. The van der Waals surface area contributed by atoms with Crippen molar-refractivity contribution >= 4 is 52.9 Å². The van der Waals surface area contributed by atoms with Gasteiger partial charge < -0.3 is 26.5 Å². The van der Waals surface area contributed by atoms with Crippen molar-refractivity contribution < 1.29 is 122 Å². The second-order valence-corrected chi connectivity index (χ2v) is 13.3. The third-order valence-corrected chi connectivity index (χ3v) is 4.57. The van der Waals surface area contributed by atoms with Gasteiger partial charge >= 0.3 is 111 Å². The molecule has 0 aliphatic rings. The van der Waals surface area contributed by atoms with Crippen LogP contribution in [-0.2, 0) is 44.8 Å². The average Bonchev–Trinajstić information content (AvgIpc) is 3.92. The maximum atomic E-state index is 9.87. The first-order valence-corrected chi connectivity index (χ1v) is 18.3. The fraction of sp³-hybridized carbons (Fsp3) is 0. The molecule has 0 saturated carbocycles. The Hall–Kier alpha value is -4.80. The first kappa shape index (κ1) is 53.2. The fourth-order valence-electron chi connectivity index (χ4n) is 2.73. The Kier molecular flexibility index (Phi) is 20.0. The minimum atomic E-state index is -10.7. The number of nitrogens with zero attached hydrogens (tertiary/aromatic N) is 6. The Morgan fingerprint density at radius 1 is 0.293 bits per heavy atom. The van der Waals surface area contributed by atoms with Crippen molar-refractivity contribution in [3.05, 3.63) is 145 Å². The van der Waals surface area contributed by atoms with Gasteiger partial charge in [-0.3, -0.25) is 0 Å². The first-order chi connectivity index (χ1) is 25.7. The van der Waals surface area contributed by atoms with Gasteiger partial charge in [0, 0.05) is 0 Å². The van der Waals surface area contributed by atoms with E-state index in [1.165, 1.54) is 37.3 Å². The second-order valence-electron chi connectivity index (χ2n) is 9.48. The van der Waals surface area contributed by atoms with Crippen molar-refractivity contribution in [2.24, 2.45) is 30.6 Å². The molecule has 0 saturated heterocycles. The topological polar surface area (TPSA) is 153 Å². The minimum Gasteiger partial charge on any atom is 1.00 e. The summed E-state index contributed by atoms with van der Waals surface area (Å²) in [5.74, 6) is 4.01.